The second kappa shape index (κ2) is 7.17. The smallest absolute Gasteiger partial charge is 0.263 e. The van der Waals surface area contributed by atoms with Gasteiger partial charge in [-0.15, -0.1) is 11.3 Å². The fourth-order valence-corrected chi connectivity index (χ4v) is 3.04. The summed E-state index contributed by atoms with van der Waals surface area (Å²) in [6.45, 7) is 4.28. The molecular weight excluding hydrogens is 298 g/mol. The van der Waals surface area contributed by atoms with E-state index in [1.165, 1.54) is 11.3 Å². The number of rotatable bonds is 5. The molecule has 0 aliphatic heterocycles. The number of hydrogen-bond donors (Lipinski definition) is 2. The summed E-state index contributed by atoms with van der Waals surface area (Å²) in [6, 6.07) is 9.09. The van der Waals surface area contributed by atoms with Crippen LogP contribution in [-0.2, 0) is 0 Å². The second-order valence-electron chi connectivity index (χ2n) is 5.02. The van der Waals surface area contributed by atoms with E-state index in [0.717, 1.165) is 10.7 Å². The number of amides is 2. The molecule has 0 radical (unpaired) electrons. The van der Waals surface area contributed by atoms with Crippen LogP contribution in [0.25, 0.3) is 0 Å². The molecule has 1 aromatic heterocycles. The highest BCUT2D eigenvalue weighted by Gasteiger charge is 2.18. The van der Waals surface area contributed by atoms with Crippen molar-refractivity contribution in [1.82, 2.24) is 15.6 Å². The molecule has 0 spiro atoms. The summed E-state index contributed by atoms with van der Waals surface area (Å²) in [4.78, 5) is 28.8. The van der Waals surface area contributed by atoms with Crippen LogP contribution in [-0.4, -0.2) is 30.4 Å². The van der Waals surface area contributed by atoms with Crippen LogP contribution in [0.15, 0.2) is 30.3 Å². The topological polar surface area (TPSA) is 71.1 Å². The zero-order valence-corrected chi connectivity index (χ0v) is 13.7. The fourth-order valence-electron chi connectivity index (χ4n) is 1.98. The van der Waals surface area contributed by atoms with Gasteiger partial charge in [0, 0.05) is 25.1 Å². The number of aromatic nitrogens is 1. The molecule has 22 heavy (non-hydrogen) atoms. The van der Waals surface area contributed by atoms with E-state index in [2.05, 4.69) is 15.6 Å². The van der Waals surface area contributed by atoms with E-state index >= 15 is 0 Å². The van der Waals surface area contributed by atoms with Crippen molar-refractivity contribution in [3.05, 3.63) is 51.5 Å². The van der Waals surface area contributed by atoms with Crippen LogP contribution < -0.4 is 10.6 Å². The van der Waals surface area contributed by atoms with Crippen LogP contribution in [0.5, 0.6) is 0 Å². The number of nitrogens with zero attached hydrogens (tertiary/aromatic N) is 1. The van der Waals surface area contributed by atoms with Gasteiger partial charge in [0.2, 0.25) is 0 Å². The Balaban J connectivity index is 1.99. The SMILES string of the molecule is CNC(=O)c1sc(C(C)CNC(=O)c2ccccc2)nc1C. The molecule has 1 heterocycles. The quantitative estimate of drug-likeness (QED) is 0.889. The Bertz CT molecular complexity index is 667. The van der Waals surface area contributed by atoms with E-state index in [4.69, 9.17) is 0 Å². The van der Waals surface area contributed by atoms with Crippen molar-refractivity contribution in [3.8, 4) is 0 Å². The van der Waals surface area contributed by atoms with Gasteiger partial charge >= 0.3 is 0 Å². The minimum Gasteiger partial charge on any atom is -0.354 e. The number of aryl methyl sites for hydroxylation is 1. The summed E-state index contributed by atoms with van der Waals surface area (Å²) < 4.78 is 0. The molecule has 1 unspecified atom stereocenters. The molecule has 0 aliphatic carbocycles. The van der Waals surface area contributed by atoms with E-state index in [1.54, 1.807) is 19.2 Å². The molecule has 6 heteroatoms. The monoisotopic (exact) mass is 317 g/mol. The van der Waals surface area contributed by atoms with E-state index in [1.807, 2.05) is 32.0 Å². The lowest BCUT2D eigenvalue weighted by molar-refractivity contribution is 0.0948. The lowest BCUT2D eigenvalue weighted by Gasteiger charge is -2.10. The van der Waals surface area contributed by atoms with E-state index in [9.17, 15) is 9.59 Å². The standard InChI is InChI=1S/C16H19N3O2S/c1-10(9-18-14(20)12-7-5-4-6-8-12)16-19-11(2)13(22-16)15(21)17-3/h4-8,10H,9H2,1-3H3,(H,17,21)(H,18,20). The predicted molar refractivity (Wildman–Crippen MR) is 87.4 cm³/mol. The third-order valence-corrected chi connectivity index (χ3v) is 4.66. The molecular formula is C16H19N3O2S. The third-order valence-electron chi connectivity index (χ3n) is 3.27. The minimum atomic E-state index is -0.123. The van der Waals surface area contributed by atoms with Gasteiger partial charge in [-0.25, -0.2) is 4.98 Å². The highest BCUT2D eigenvalue weighted by molar-refractivity contribution is 7.13. The van der Waals surface area contributed by atoms with Crippen LogP contribution in [0.4, 0.5) is 0 Å². The highest BCUT2D eigenvalue weighted by Crippen LogP contribution is 2.24. The van der Waals surface area contributed by atoms with E-state index in [-0.39, 0.29) is 17.7 Å². The van der Waals surface area contributed by atoms with Gasteiger partial charge in [0.05, 0.1) is 10.7 Å². The zero-order chi connectivity index (χ0) is 16.1. The zero-order valence-electron chi connectivity index (χ0n) is 12.8. The highest BCUT2D eigenvalue weighted by atomic mass is 32.1. The summed E-state index contributed by atoms with van der Waals surface area (Å²) in [6.07, 6.45) is 0. The van der Waals surface area contributed by atoms with E-state index < -0.39 is 0 Å². The summed E-state index contributed by atoms with van der Waals surface area (Å²) in [5.41, 5.74) is 1.36. The molecule has 0 fully saturated rings. The number of carbonyl (C=O) groups is 2. The molecule has 0 saturated carbocycles. The number of hydrogen-bond acceptors (Lipinski definition) is 4. The Kier molecular flexibility index (Phi) is 5.27. The summed E-state index contributed by atoms with van der Waals surface area (Å²) >= 11 is 1.37. The number of benzene rings is 1. The number of carbonyl (C=O) groups excluding carboxylic acids is 2. The molecule has 2 rings (SSSR count). The van der Waals surface area contributed by atoms with Gasteiger partial charge < -0.3 is 10.6 Å². The normalized spacial score (nSPS) is 11.8. The van der Waals surface area contributed by atoms with Gasteiger partial charge in [-0.1, -0.05) is 25.1 Å². The Hall–Kier alpha value is -2.21. The molecule has 2 amide bonds. The average Bonchev–Trinajstić information content (AvgIpc) is 2.94. The maximum absolute atomic E-state index is 12.0. The first-order valence-electron chi connectivity index (χ1n) is 7.05. The first kappa shape index (κ1) is 16.2. The molecule has 116 valence electrons. The van der Waals surface area contributed by atoms with Gasteiger partial charge in [-0.2, -0.15) is 0 Å². The molecule has 0 bridgehead atoms. The van der Waals surface area contributed by atoms with Crippen molar-refractivity contribution in [2.45, 2.75) is 19.8 Å². The lowest BCUT2D eigenvalue weighted by Crippen LogP contribution is -2.27. The summed E-state index contributed by atoms with van der Waals surface area (Å²) in [5, 5.41) is 6.36. The molecule has 2 aromatic rings. The van der Waals surface area contributed by atoms with Crippen molar-refractivity contribution in [3.63, 3.8) is 0 Å². The minimum absolute atomic E-state index is 0.0507. The largest absolute Gasteiger partial charge is 0.354 e. The van der Waals surface area contributed by atoms with Gasteiger partial charge in [0.25, 0.3) is 11.8 Å². The van der Waals surface area contributed by atoms with E-state index in [0.29, 0.717) is 17.0 Å². The van der Waals surface area contributed by atoms with Crippen molar-refractivity contribution < 1.29 is 9.59 Å². The first-order valence-corrected chi connectivity index (χ1v) is 7.87. The van der Waals surface area contributed by atoms with Gasteiger partial charge in [-0.3, -0.25) is 9.59 Å². The van der Waals surface area contributed by atoms with Crippen molar-refractivity contribution in [2.24, 2.45) is 0 Å². The Morgan fingerprint density at radius 2 is 1.91 bits per heavy atom. The van der Waals surface area contributed by atoms with Crippen LogP contribution in [0, 0.1) is 6.92 Å². The van der Waals surface area contributed by atoms with Crippen LogP contribution in [0.2, 0.25) is 0 Å². The van der Waals surface area contributed by atoms with Crippen molar-refractivity contribution >= 4 is 23.2 Å². The molecule has 1 aromatic carbocycles. The first-order chi connectivity index (χ1) is 10.5. The molecule has 2 N–H and O–H groups in total. The Morgan fingerprint density at radius 3 is 2.55 bits per heavy atom. The number of nitrogens with one attached hydrogen (secondary N) is 2. The van der Waals surface area contributed by atoms with Crippen LogP contribution in [0.1, 0.15) is 43.6 Å². The molecule has 1 atom stereocenters. The van der Waals surface area contributed by atoms with Crippen LogP contribution >= 0.6 is 11.3 Å². The third kappa shape index (κ3) is 3.71. The summed E-state index contributed by atoms with van der Waals surface area (Å²) in [7, 11) is 1.60. The van der Waals surface area contributed by atoms with Gasteiger partial charge in [0.15, 0.2) is 0 Å². The lowest BCUT2D eigenvalue weighted by atomic mass is 10.1. The Labute approximate surface area is 133 Å². The van der Waals surface area contributed by atoms with Crippen molar-refractivity contribution in [1.29, 1.82) is 0 Å². The predicted octanol–water partition coefficient (Wildman–Crippen LogP) is 2.34. The maximum Gasteiger partial charge on any atom is 0.263 e. The Morgan fingerprint density at radius 1 is 1.23 bits per heavy atom. The summed E-state index contributed by atoms with van der Waals surface area (Å²) in [5.74, 6) is -0.177. The molecule has 0 aliphatic rings. The van der Waals surface area contributed by atoms with Crippen molar-refractivity contribution in [2.75, 3.05) is 13.6 Å². The fraction of sp³-hybridized carbons (Fsp3) is 0.312. The molecule has 5 nitrogen and oxygen atoms in total. The van der Waals surface area contributed by atoms with Gasteiger partial charge in [0.1, 0.15) is 4.88 Å². The van der Waals surface area contributed by atoms with Crippen LogP contribution in [0.3, 0.4) is 0 Å². The second-order valence-corrected chi connectivity index (χ2v) is 6.05. The number of thiazole rings is 1. The average molecular weight is 317 g/mol. The van der Waals surface area contributed by atoms with Gasteiger partial charge in [-0.05, 0) is 19.1 Å². The maximum atomic E-state index is 12.0. The molecule has 0 saturated heterocycles.